The minimum Gasteiger partial charge on any atom is -0.389 e. The van der Waals surface area contributed by atoms with Gasteiger partial charge in [0.05, 0.1) is 22.2 Å². The lowest BCUT2D eigenvalue weighted by atomic mass is 10.1. The van der Waals surface area contributed by atoms with Crippen molar-refractivity contribution in [2.24, 2.45) is 0 Å². The number of hydrogen-bond donors (Lipinski definition) is 3. The molecule has 0 aliphatic carbocycles. The van der Waals surface area contributed by atoms with Gasteiger partial charge < -0.3 is 20.0 Å². The van der Waals surface area contributed by atoms with Crippen LogP contribution in [0.3, 0.4) is 0 Å². The van der Waals surface area contributed by atoms with E-state index in [1.165, 1.54) is 17.0 Å². The second-order valence-electron chi connectivity index (χ2n) is 5.59. The third kappa shape index (κ3) is 3.48. The average Bonchev–Trinajstić information content (AvgIpc) is 2.73. The fraction of sp³-hybridized carbons (Fsp3) is 0.429. The Morgan fingerprint density at radius 2 is 2.10 bits per heavy atom. The Hall–Kier alpha value is -1.73. The molecule has 0 aliphatic heterocycles. The van der Waals surface area contributed by atoms with Crippen LogP contribution >= 0.6 is 12.2 Å². The Morgan fingerprint density at radius 1 is 1.43 bits per heavy atom. The molecule has 0 spiro atoms. The van der Waals surface area contributed by atoms with Crippen molar-refractivity contribution in [1.29, 1.82) is 0 Å². The molecule has 0 bridgehead atoms. The number of fused-ring (bicyclic) bond motifs is 1. The van der Waals surface area contributed by atoms with Crippen LogP contribution in [0.1, 0.15) is 31.1 Å². The SMILES string of the molecule is CCN(CC(C)(C)O)C(=O)c1cc(F)cc2[nH]c(=S)[nH]c12. The van der Waals surface area contributed by atoms with Gasteiger partial charge in [-0.25, -0.2) is 4.39 Å². The summed E-state index contributed by atoms with van der Waals surface area (Å²) in [5.74, 6) is -0.871. The number of likely N-dealkylation sites (N-methyl/N-ethyl adjacent to an activating group) is 1. The Labute approximate surface area is 126 Å². The van der Waals surface area contributed by atoms with Gasteiger partial charge in [0.2, 0.25) is 0 Å². The molecule has 21 heavy (non-hydrogen) atoms. The third-order valence-electron chi connectivity index (χ3n) is 3.07. The minimum absolute atomic E-state index is 0.158. The Morgan fingerprint density at radius 3 is 2.67 bits per heavy atom. The summed E-state index contributed by atoms with van der Waals surface area (Å²) in [7, 11) is 0. The molecule has 0 radical (unpaired) electrons. The Bertz CT molecular complexity index is 730. The fourth-order valence-electron chi connectivity index (χ4n) is 2.24. The lowest BCUT2D eigenvalue weighted by molar-refractivity contribution is 0.0315. The zero-order valence-corrected chi connectivity index (χ0v) is 13.0. The van der Waals surface area contributed by atoms with Crippen LogP contribution in [0.5, 0.6) is 0 Å². The van der Waals surface area contributed by atoms with Gasteiger partial charge in [0, 0.05) is 13.1 Å². The van der Waals surface area contributed by atoms with Crippen LogP contribution in [-0.4, -0.2) is 44.6 Å². The molecular formula is C14H18FN3O2S. The van der Waals surface area contributed by atoms with E-state index in [0.29, 0.717) is 22.3 Å². The van der Waals surface area contributed by atoms with Crippen LogP contribution < -0.4 is 0 Å². The van der Waals surface area contributed by atoms with Crippen LogP contribution in [0, 0.1) is 10.6 Å². The molecule has 1 aromatic carbocycles. The number of hydrogen-bond acceptors (Lipinski definition) is 3. The van der Waals surface area contributed by atoms with E-state index in [9.17, 15) is 14.3 Å². The smallest absolute Gasteiger partial charge is 0.256 e. The van der Waals surface area contributed by atoms with Crippen molar-refractivity contribution >= 4 is 29.2 Å². The van der Waals surface area contributed by atoms with Crippen molar-refractivity contribution in [3.63, 3.8) is 0 Å². The summed E-state index contributed by atoms with van der Waals surface area (Å²) >= 11 is 4.99. The molecule has 0 atom stereocenters. The Kier molecular flexibility index (Phi) is 4.15. The van der Waals surface area contributed by atoms with Crippen LogP contribution in [-0.2, 0) is 0 Å². The van der Waals surface area contributed by atoms with Gasteiger partial charge in [0.1, 0.15) is 5.82 Å². The maximum absolute atomic E-state index is 13.7. The van der Waals surface area contributed by atoms with Gasteiger partial charge in [0.15, 0.2) is 4.77 Å². The highest BCUT2D eigenvalue weighted by atomic mass is 32.1. The normalized spacial score (nSPS) is 11.9. The number of benzene rings is 1. The highest BCUT2D eigenvalue weighted by Gasteiger charge is 2.24. The summed E-state index contributed by atoms with van der Waals surface area (Å²) < 4.78 is 14.0. The average molecular weight is 311 g/mol. The second kappa shape index (κ2) is 5.57. The van der Waals surface area contributed by atoms with E-state index < -0.39 is 11.4 Å². The number of carbonyl (C=O) groups excluding carboxylic acids is 1. The third-order valence-corrected chi connectivity index (χ3v) is 3.27. The van der Waals surface area contributed by atoms with Crippen molar-refractivity contribution in [2.75, 3.05) is 13.1 Å². The zero-order valence-electron chi connectivity index (χ0n) is 12.2. The quantitative estimate of drug-likeness (QED) is 0.760. The van der Waals surface area contributed by atoms with Crippen LogP contribution in [0.2, 0.25) is 0 Å². The van der Waals surface area contributed by atoms with Crippen LogP contribution in [0.4, 0.5) is 4.39 Å². The molecule has 114 valence electrons. The topological polar surface area (TPSA) is 72.1 Å². The number of H-pyrrole nitrogens is 2. The van der Waals surface area contributed by atoms with Gasteiger partial charge in [0.25, 0.3) is 5.91 Å². The molecule has 1 heterocycles. The first-order valence-corrected chi connectivity index (χ1v) is 7.05. The molecule has 2 aromatic rings. The summed E-state index contributed by atoms with van der Waals surface area (Å²) in [6, 6.07) is 2.46. The van der Waals surface area contributed by atoms with E-state index in [1.54, 1.807) is 20.8 Å². The molecule has 0 aliphatic rings. The molecule has 0 fully saturated rings. The van der Waals surface area contributed by atoms with Gasteiger partial charge in [-0.05, 0) is 45.1 Å². The molecule has 0 saturated carbocycles. The molecule has 3 N–H and O–H groups in total. The molecular weight excluding hydrogens is 293 g/mol. The van der Waals surface area contributed by atoms with Gasteiger partial charge in [-0.1, -0.05) is 0 Å². The maximum Gasteiger partial charge on any atom is 0.256 e. The standard InChI is InChI=1S/C14H18FN3O2S/c1-4-18(7-14(2,3)20)12(19)9-5-8(15)6-10-11(9)17-13(21)16-10/h5-6,20H,4,7H2,1-3H3,(H2,16,17,21). The number of aliphatic hydroxyl groups is 1. The van der Waals surface area contributed by atoms with Gasteiger partial charge >= 0.3 is 0 Å². The van der Waals surface area contributed by atoms with E-state index in [4.69, 9.17) is 12.2 Å². The minimum atomic E-state index is -1.02. The van der Waals surface area contributed by atoms with Crippen molar-refractivity contribution in [3.8, 4) is 0 Å². The van der Waals surface area contributed by atoms with E-state index in [-0.39, 0.29) is 18.0 Å². The molecule has 2 rings (SSSR count). The second-order valence-corrected chi connectivity index (χ2v) is 6.00. The molecule has 1 aromatic heterocycles. The predicted octanol–water partition coefficient (Wildman–Crippen LogP) is 2.60. The summed E-state index contributed by atoms with van der Waals surface area (Å²) in [5.41, 5.74) is 0.0927. The summed E-state index contributed by atoms with van der Waals surface area (Å²) in [5, 5.41) is 9.89. The van der Waals surface area contributed by atoms with Crippen LogP contribution in [0.25, 0.3) is 11.0 Å². The van der Waals surface area contributed by atoms with Crippen molar-refractivity contribution in [3.05, 3.63) is 28.3 Å². The maximum atomic E-state index is 13.7. The number of carbonyl (C=O) groups is 1. The van der Waals surface area contributed by atoms with Crippen molar-refractivity contribution < 1.29 is 14.3 Å². The Balaban J connectivity index is 2.49. The summed E-state index contributed by atoms with van der Waals surface area (Å²) in [6.07, 6.45) is 0. The highest BCUT2D eigenvalue weighted by molar-refractivity contribution is 7.71. The number of amides is 1. The van der Waals surface area contributed by atoms with Gasteiger partial charge in [-0.2, -0.15) is 0 Å². The number of halogens is 1. The largest absolute Gasteiger partial charge is 0.389 e. The number of nitrogens with one attached hydrogen (secondary N) is 2. The van der Waals surface area contributed by atoms with Crippen molar-refractivity contribution in [2.45, 2.75) is 26.4 Å². The highest BCUT2D eigenvalue weighted by Crippen LogP contribution is 2.20. The zero-order chi connectivity index (χ0) is 15.8. The molecule has 5 nitrogen and oxygen atoms in total. The number of rotatable bonds is 4. The summed E-state index contributed by atoms with van der Waals surface area (Å²) in [6.45, 7) is 5.61. The van der Waals surface area contributed by atoms with Gasteiger partial charge in [-0.3, -0.25) is 4.79 Å². The first-order chi connectivity index (χ1) is 9.71. The molecule has 7 heteroatoms. The number of aromatic amines is 2. The molecule has 1 amide bonds. The monoisotopic (exact) mass is 311 g/mol. The first kappa shape index (κ1) is 15.7. The predicted molar refractivity (Wildman–Crippen MR) is 81.3 cm³/mol. The van der Waals surface area contributed by atoms with E-state index in [2.05, 4.69) is 9.97 Å². The van der Waals surface area contributed by atoms with E-state index in [0.717, 1.165) is 0 Å². The van der Waals surface area contributed by atoms with Gasteiger partial charge in [-0.15, -0.1) is 0 Å². The molecule has 0 unspecified atom stereocenters. The van der Waals surface area contributed by atoms with Crippen molar-refractivity contribution in [1.82, 2.24) is 14.9 Å². The van der Waals surface area contributed by atoms with Crippen LogP contribution in [0.15, 0.2) is 12.1 Å². The summed E-state index contributed by atoms with van der Waals surface area (Å²) in [4.78, 5) is 19.7. The molecule has 0 saturated heterocycles. The fourth-order valence-corrected chi connectivity index (χ4v) is 2.45. The first-order valence-electron chi connectivity index (χ1n) is 6.64. The number of aromatic nitrogens is 2. The van der Waals surface area contributed by atoms with E-state index in [1.807, 2.05) is 0 Å². The number of imidazole rings is 1. The lowest BCUT2D eigenvalue weighted by Crippen LogP contribution is -2.42. The lowest BCUT2D eigenvalue weighted by Gasteiger charge is -2.28. The number of nitrogens with zero attached hydrogens (tertiary/aromatic N) is 1. The van der Waals surface area contributed by atoms with E-state index >= 15 is 0 Å².